The molecule has 1 aliphatic carbocycles. The molecule has 0 N–H and O–H groups in total. The monoisotopic (exact) mass is 393 g/mol. The smallest absolute Gasteiger partial charge is 0.152 e. The molecule has 0 fully saturated rings. The largest absolute Gasteiger partial charge is 0.329 e. The van der Waals surface area contributed by atoms with Crippen LogP contribution >= 0.6 is 11.6 Å². The number of rotatable bonds is 4. The van der Waals surface area contributed by atoms with Gasteiger partial charge in [0.05, 0.1) is 5.69 Å². The average molecular weight is 394 g/mol. The highest BCUT2D eigenvalue weighted by molar-refractivity contribution is 6.30. The standard InChI is InChI=1S/C24H28ClN3/c1-16-9-7-10-17(2)22(16)24-26-23(25)21(28(24)4)15-27(3)20-14-8-12-18-11-5-6-13-19(18)20/h5-7,9-11,13,20H,8,12,14-15H2,1-4H3. The minimum absolute atomic E-state index is 0.430. The lowest BCUT2D eigenvalue weighted by Gasteiger charge is -2.33. The minimum Gasteiger partial charge on any atom is -0.329 e. The van der Waals surface area contributed by atoms with Gasteiger partial charge in [0.2, 0.25) is 0 Å². The maximum Gasteiger partial charge on any atom is 0.152 e. The van der Waals surface area contributed by atoms with Gasteiger partial charge >= 0.3 is 0 Å². The molecule has 1 atom stereocenters. The summed E-state index contributed by atoms with van der Waals surface area (Å²) in [6.45, 7) is 5.05. The first-order valence-electron chi connectivity index (χ1n) is 10.0. The van der Waals surface area contributed by atoms with Crippen LogP contribution in [0.2, 0.25) is 5.15 Å². The number of benzene rings is 2. The molecule has 3 aromatic rings. The van der Waals surface area contributed by atoms with Crippen LogP contribution in [0.4, 0.5) is 0 Å². The van der Waals surface area contributed by atoms with Gasteiger partial charge in [-0.3, -0.25) is 4.90 Å². The summed E-state index contributed by atoms with van der Waals surface area (Å²) in [5.41, 5.74) is 7.66. The molecule has 28 heavy (non-hydrogen) atoms. The van der Waals surface area contributed by atoms with E-state index < -0.39 is 0 Å². The van der Waals surface area contributed by atoms with E-state index in [9.17, 15) is 0 Å². The minimum atomic E-state index is 0.430. The van der Waals surface area contributed by atoms with Crippen molar-refractivity contribution in [2.24, 2.45) is 7.05 Å². The van der Waals surface area contributed by atoms with Crippen LogP contribution in [0.15, 0.2) is 42.5 Å². The molecule has 1 unspecified atom stereocenters. The molecule has 1 aliphatic rings. The topological polar surface area (TPSA) is 21.1 Å². The number of aromatic nitrogens is 2. The van der Waals surface area contributed by atoms with Crippen molar-refractivity contribution in [3.63, 3.8) is 0 Å². The molecule has 0 amide bonds. The van der Waals surface area contributed by atoms with Crippen LogP contribution in [0.1, 0.15) is 46.8 Å². The second-order valence-corrected chi connectivity index (χ2v) is 8.38. The molecule has 4 heteroatoms. The van der Waals surface area contributed by atoms with Crippen LogP contribution in [0.25, 0.3) is 11.4 Å². The molecule has 1 heterocycles. The summed E-state index contributed by atoms with van der Waals surface area (Å²) in [6, 6.07) is 15.6. The summed E-state index contributed by atoms with van der Waals surface area (Å²) in [7, 11) is 4.28. The Balaban J connectivity index is 1.66. The van der Waals surface area contributed by atoms with Crippen molar-refractivity contribution in [2.75, 3.05) is 7.05 Å². The lowest BCUT2D eigenvalue weighted by Crippen LogP contribution is -2.28. The Morgan fingerprint density at radius 1 is 1.11 bits per heavy atom. The van der Waals surface area contributed by atoms with E-state index in [0.717, 1.165) is 18.1 Å². The van der Waals surface area contributed by atoms with Crippen molar-refractivity contribution in [3.05, 3.63) is 75.6 Å². The Morgan fingerprint density at radius 3 is 2.57 bits per heavy atom. The first-order valence-corrected chi connectivity index (χ1v) is 10.4. The molecular weight excluding hydrogens is 366 g/mol. The summed E-state index contributed by atoms with van der Waals surface area (Å²) in [4.78, 5) is 7.17. The third-order valence-electron chi connectivity index (χ3n) is 6.14. The van der Waals surface area contributed by atoms with Gasteiger partial charge in [-0.1, -0.05) is 54.1 Å². The number of fused-ring (bicyclic) bond motifs is 1. The molecule has 0 bridgehead atoms. The number of imidazole rings is 1. The van der Waals surface area contributed by atoms with E-state index in [0.29, 0.717) is 11.2 Å². The fraction of sp³-hybridized carbons (Fsp3) is 0.375. The molecule has 0 spiro atoms. The lowest BCUT2D eigenvalue weighted by molar-refractivity contribution is 0.209. The van der Waals surface area contributed by atoms with Crippen molar-refractivity contribution in [1.82, 2.24) is 14.5 Å². The number of nitrogens with zero attached hydrogens (tertiary/aromatic N) is 3. The van der Waals surface area contributed by atoms with Gasteiger partial charge in [-0.25, -0.2) is 4.98 Å². The fourth-order valence-electron chi connectivity index (χ4n) is 4.59. The zero-order chi connectivity index (χ0) is 19.8. The zero-order valence-corrected chi connectivity index (χ0v) is 17.9. The van der Waals surface area contributed by atoms with Crippen molar-refractivity contribution < 1.29 is 0 Å². The Bertz CT molecular complexity index is 985. The second kappa shape index (κ2) is 7.73. The molecule has 0 saturated carbocycles. The van der Waals surface area contributed by atoms with Gasteiger partial charge in [-0.05, 0) is 62.4 Å². The van der Waals surface area contributed by atoms with Crippen LogP contribution < -0.4 is 0 Å². The van der Waals surface area contributed by atoms with Gasteiger partial charge < -0.3 is 4.57 Å². The van der Waals surface area contributed by atoms with Crippen molar-refractivity contribution in [3.8, 4) is 11.4 Å². The van der Waals surface area contributed by atoms with Crippen molar-refractivity contribution >= 4 is 11.6 Å². The Morgan fingerprint density at radius 2 is 1.82 bits per heavy atom. The molecule has 1 aromatic heterocycles. The Kier molecular flexibility index (Phi) is 5.31. The van der Waals surface area contributed by atoms with E-state index in [-0.39, 0.29) is 0 Å². The van der Waals surface area contributed by atoms with Gasteiger partial charge in [-0.15, -0.1) is 0 Å². The SMILES string of the molecule is Cc1cccc(C)c1-c1nc(Cl)c(CN(C)C2CCCc3ccccc32)n1C. The number of halogens is 1. The van der Waals surface area contributed by atoms with Gasteiger partial charge in [0.15, 0.2) is 5.15 Å². The molecule has 0 saturated heterocycles. The summed E-state index contributed by atoms with van der Waals surface area (Å²) in [5, 5.41) is 0.607. The summed E-state index contributed by atoms with van der Waals surface area (Å²) < 4.78 is 2.17. The molecule has 146 valence electrons. The Hall–Kier alpha value is -2.10. The van der Waals surface area contributed by atoms with E-state index in [4.69, 9.17) is 16.6 Å². The summed E-state index contributed by atoms with van der Waals surface area (Å²) in [5.74, 6) is 0.952. The van der Waals surface area contributed by atoms with E-state index in [1.807, 2.05) is 0 Å². The Labute approximate surface area is 173 Å². The average Bonchev–Trinajstić information content (AvgIpc) is 2.95. The first-order chi connectivity index (χ1) is 13.5. The third kappa shape index (κ3) is 3.38. The van der Waals surface area contributed by atoms with Crippen molar-refractivity contribution in [2.45, 2.75) is 45.7 Å². The van der Waals surface area contributed by atoms with E-state index in [1.165, 1.54) is 47.1 Å². The van der Waals surface area contributed by atoms with Gasteiger partial charge in [0, 0.05) is 25.2 Å². The third-order valence-corrected chi connectivity index (χ3v) is 6.44. The summed E-state index contributed by atoms with van der Waals surface area (Å²) in [6.07, 6.45) is 3.61. The highest BCUT2D eigenvalue weighted by Crippen LogP contribution is 2.36. The quantitative estimate of drug-likeness (QED) is 0.553. The van der Waals surface area contributed by atoms with Gasteiger partial charge in [-0.2, -0.15) is 0 Å². The number of aryl methyl sites for hydroxylation is 3. The zero-order valence-electron chi connectivity index (χ0n) is 17.2. The maximum absolute atomic E-state index is 6.63. The second-order valence-electron chi connectivity index (χ2n) is 8.02. The van der Waals surface area contributed by atoms with Crippen LogP contribution in [0.5, 0.6) is 0 Å². The highest BCUT2D eigenvalue weighted by atomic mass is 35.5. The number of hydrogen-bond donors (Lipinski definition) is 0. The predicted octanol–water partition coefficient (Wildman–Crippen LogP) is 5.87. The fourth-order valence-corrected chi connectivity index (χ4v) is 4.86. The van der Waals surface area contributed by atoms with Gasteiger partial charge in [0.1, 0.15) is 5.82 Å². The lowest BCUT2D eigenvalue weighted by atomic mass is 9.87. The van der Waals surface area contributed by atoms with Crippen LogP contribution in [0, 0.1) is 13.8 Å². The van der Waals surface area contributed by atoms with Gasteiger partial charge in [0.25, 0.3) is 0 Å². The molecule has 0 radical (unpaired) electrons. The van der Waals surface area contributed by atoms with E-state index in [2.05, 4.69) is 79.9 Å². The molecule has 3 nitrogen and oxygen atoms in total. The summed E-state index contributed by atoms with van der Waals surface area (Å²) >= 11 is 6.63. The first kappa shape index (κ1) is 19.2. The molecule has 0 aliphatic heterocycles. The maximum atomic E-state index is 6.63. The van der Waals surface area contributed by atoms with Crippen LogP contribution in [0.3, 0.4) is 0 Å². The highest BCUT2D eigenvalue weighted by Gasteiger charge is 2.26. The van der Waals surface area contributed by atoms with Crippen LogP contribution in [-0.4, -0.2) is 21.5 Å². The molecule has 4 rings (SSSR count). The van der Waals surface area contributed by atoms with E-state index >= 15 is 0 Å². The van der Waals surface area contributed by atoms with Crippen LogP contribution in [-0.2, 0) is 20.0 Å². The normalized spacial score (nSPS) is 16.4. The molecular formula is C24H28ClN3. The van der Waals surface area contributed by atoms with Crippen molar-refractivity contribution in [1.29, 1.82) is 0 Å². The molecule has 2 aromatic carbocycles. The predicted molar refractivity (Wildman–Crippen MR) is 117 cm³/mol. The van der Waals surface area contributed by atoms with E-state index in [1.54, 1.807) is 0 Å². The number of hydrogen-bond acceptors (Lipinski definition) is 2.